The van der Waals surface area contributed by atoms with Gasteiger partial charge in [0.1, 0.15) is 6.23 Å². The van der Waals surface area contributed by atoms with Gasteiger partial charge in [-0.2, -0.15) is 0 Å². The summed E-state index contributed by atoms with van der Waals surface area (Å²) < 4.78 is 12.3. The van der Waals surface area contributed by atoms with Gasteiger partial charge < -0.3 is 14.4 Å². The van der Waals surface area contributed by atoms with Crippen LogP contribution in [0.3, 0.4) is 0 Å². The molecule has 2 rings (SSSR count). The molecule has 2 fully saturated rings. The molecule has 100 valence electrons. The molecule has 2 saturated heterocycles. The van der Waals surface area contributed by atoms with E-state index in [1.807, 2.05) is 0 Å². The Kier molecular flexibility index (Phi) is 3.51. The summed E-state index contributed by atoms with van der Waals surface area (Å²) in [6.45, 7) is 7.47. The minimum atomic E-state index is -0.0630. The van der Waals surface area contributed by atoms with Gasteiger partial charge in [0.2, 0.25) is 0 Å². The Morgan fingerprint density at radius 3 is 2.59 bits per heavy atom. The zero-order valence-corrected chi connectivity index (χ0v) is 11.9. The standard InChI is InChI=1S/C13H26N2O2/c1-9-7-13(3)12(10(2)16-9)15(6)11(17-13)8-14(4)5/h9-12H,7-8H2,1-6H3. The van der Waals surface area contributed by atoms with Gasteiger partial charge in [-0.25, -0.2) is 0 Å². The molecular formula is C13H26N2O2. The molecule has 4 nitrogen and oxygen atoms in total. The molecule has 17 heavy (non-hydrogen) atoms. The summed E-state index contributed by atoms with van der Waals surface area (Å²) in [7, 11) is 6.33. The van der Waals surface area contributed by atoms with Gasteiger partial charge in [-0.1, -0.05) is 0 Å². The van der Waals surface area contributed by atoms with E-state index >= 15 is 0 Å². The number of hydrogen-bond donors (Lipinski definition) is 0. The summed E-state index contributed by atoms with van der Waals surface area (Å²) in [6, 6.07) is 0.364. The van der Waals surface area contributed by atoms with Crippen molar-refractivity contribution < 1.29 is 9.47 Å². The van der Waals surface area contributed by atoms with Gasteiger partial charge in [0.05, 0.1) is 23.9 Å². The van der Waals surface area contributed by atoms with Gasteiger partial charge in [0.25, 0.3) is 0 Å². The highest BCUT2D eigenvalue weighted by molar-refractivity contribution is 5.04. The van der Waals surface area contributed by atoms with Crippen LogP contribution in [-0.4, -0.2) is 67.6 Å². The van der Waals surface area contributed by atoms with Gasteiger partial charge in [-0.05, 0) is 41.9 Å². The first-order valence-electron chi connectivity index (χ1n) is 6.53. The number of likely N-dealkylation sites (N-methyl/N-ethyl adjacent to an activating group) is 2. The molecule has 0 saturated carbocycles. The largest absolute Gasteiger partial charge is 0.374 e. The van der Waals surface area contributed by atoms with Crippen LogP contribution in [0.1, 0.15) is 27.2 Å². The second-order valence-electron chi connectivity index (χ2n) is 6.11. The minimum absolute atomic E-state index is 0.0630. The van der Waals surface area contributed by atoms with Crippen molar-refractivity contribution in [1.29, 1.82) is 0 Å². The summed E-state index contributed by atoms with van der Waals surface area (Å²) in [5.74, 6) is 0. The van der Waals surface area contributed by atoms with E-state index in [4.69, 9.17) is 9.47 Å². The summed E-state index contributed by atoms with van der Waals surface area (Å²) in [6.07, 6.45) is 1.69. The molecule has 2 heterocycles. The van der Waals surface area contributed by atoms with E-state index in [0.717, 1.165) is 13.0 Å². The van der Waals surface area contributed by atoms with E-state index in [9.17, 15) is 0 Å². The Balaban J connectivity index is 2.16. The molecule has 2 aliphatic heterocycles. The molecule has 0 bridgehead atoms. The average molecular weight is 242 g/mol. The molecule has 5 unspecified atom stereocenters. The van der Waals surface area contributed by atoms with Crippen molar-refractivity contribution in [2.75, 3.05) is 27.7 Å². The molecule has 2 aliphatic rings. The second-order valence-corrected chi connectivity index (χ2v) is 6.11. The molecule has 0 aromatic rings. The van der Waals surface area contributed by atoms with Crippen molar-refractivity contribution in [2.45, 2.75) is 57.3 Å². The molecule has 5 atom stereocenters. The van der Waals surface area contributed by atoms with Crippen molar-refractivity contribution in [3.63, 3.8) is 0 Å². The van der Waals surface area contributed by atoms with E-state index in [2.05, 4.69) is 51.7 Å². The molecule has 0 amide bonds. The van der Waals surface area contributed by atoms with E-state index in [-0.39, 0.29) is 24.0 Å². The molecule has 0 radical (unpaired) electrons. The molecule has 0 N–H and O–H groups in total. The lowest BCUT2D eigenvalue weighted by molar-refractivity contribution is -0.141. The number of fused-ring (bicyclic) bond motifs is 1. The van der Waals surface area contributed by atoms with Crippen LogP contribution in [0.2, 0.25) is 0 Å². The third-order valence-corrected chi connectivity index (χ3v) is 4.03. The maximum atomic E-state index is 6.32. The zero-order chi connectivity index (χ0) is 12.8. The zero-order valence-electron chi connectivity index (χ0n) is 11.9. The van der Waals surface area contributed by atoms with Crippen molar-refractivity contribution in [1.82, 2.24) is 9.80 Å². The van der Waals surface area contributed by atoms with E-state index in [1.165, 1.54) is 0 Å². The first kappa shape index (κ1) is 13.3. The lowest BCUT2D eigenvalue weighted by atomic mass is 9.84. The lowest BCUT2D eigenvalue weighted by Crippen LogP contribution is -2.56. The van der Waals surface area contributed by atoms with Crippen LogP contribution in [0.4, 0.5) is 0 Å². The summed E-state index contributed by atoms with van der Waals surface area (Å²) in [5, 5.41) is 0. The van der Waals surface area contributed by atoms with Crippen LogP contribution in [0.25, 0.3) is 0 Å². The van der Waals surface area contributed by atoms with Crippen LogP contribution < -0.4 is 0 Å². The minimum Gasteiger partial charge on any atom is -0.374 e. The van der Waals surface area contributed by atoms with Gasteiger partial charge in [-0.15, -0.1) is 0 Å². The first-order chi connectivity index (χ1) is 7.83. The van der Waals surface area contributed by atoms with Crippen molar-refractivity contribution in [3.8, 4) is 0 Å². The number of nitrogens with zero attached hydrogens (tertiary/aromatic N) is 2. The fourth-order valence-electron chi connectivity index (χ4n) is 3.61. The van der Waals surface area contributed by atoms with Crippen LogP contribution in [0, 0.1) is 0 Å². The topological polar surface area (TPSA) is 24.9 Å². The highest BCUT2D eigenvalue weighted by atomic mass is 16.6. The quantitative estimate of drug-likeness (QED) is 0.725. The number of ether oxygens (including phenoxy) is 2. The normalized spacial score (nSPS) is 47.5. The van der Waals surface area contributed by atoms with Gasteiger partial charge in [0, 0.05) is 13.0 Å². The Morgan fingerprint density at radius 1 is 1.35 bits per heavy atom. The third-order valence-electron chi connectivity index (χ3n) is 4.03. The predicted molar refractivity (Wildman–Crippen MR) is 68.0 cm³/mol. The van der Waals surface area contributed by atoms with Crippen LogP contribution in [0.5, 0.6) is 0 Å². The van der Waals surface area contributed by atoms with Crippen molar-refractivity contribution in [3.05, 3.63) is 0 Å². The third kappa shape index (κ3) is 2.36. The Bertz CT molecular complexity index is 285. The maximum Gasteiger partial charge on any atom is 0.124 e. The van der Waals surface area contributed by atoms with Gasteiger partial charge in [0.15, 0.2) is 0 Å². The highest BCUT2D eigenvalue weighted by Crippen LogP contribution is 2.41. The first-order valence-corrected chi connectivity index (χ1v) is 6.53. The van der Waals surface area contributed by atoms with Crippen molar-refractivity contribution in [2.24, 2.45) is 0 Å². The van der Waals surface area contributed by atoms with Crippen LogP contribution >= 0.6 is 0 Å². The molecule has 0 aromatic carbocycles. The Morgan fingerprint density at radius 2 is 2.00 bits per heavy atom. The Hall–Kier alpha value is -0.160. The van der Waals surface area contributed by atoms with E-state index in [0.29, 0.717) is 6.04 Å². The molecule has 0 spiro atoms. The molecule has 0 aromatic heterocycles. The molecular weight excluding hydrogens is 216 g/mol. The maximum absolute atomic E-state index is 6.32. The number of hydrogen-bond acceptors (Lipinski definition) is 4. The van der Waals surface area contributed by atoms with Crippen molar-refractivity contribution >= 4 is 0 Å². The lowest BCUT2D eigenvalue weighted by Gasteiger charge is -2.43. The summed E-state index contributed by atoms with van der Waals surface area (Å²) in [4.78, 5) is 4.52. The predicted octanol–water partition coefficient (Wildman–Crippen LogP) is 1.16. The van der Waals surface area contributed by atoms with Gasteiger partial charge in [-0.3, -0.25) is 4.90 Å². The monoisotopic (exact) mass is 242 g/mol. The number of rotatable bonds is 2. The summed E-state index contributed by atoms with van der Waals surface area (Å²) >= 11 is 0. The second kappa shape index (κ2) is 4.50. The van der Waals surface area contributed by atoms with E-state index < -0.39 is 0 Å². The molecule has 0 aliphatic carbocycles. The fourth-order valence-corrected chi connectivity index (χ4v) is 3.61. The SMILES string of the molecule is CC1CC2(C)OC(CN(C)C)N(C)C2C(C)O1. The fraction of sp³-hybridized carbons (Fsp3) is 1.00. The smallest absolute Gasteiger partial charge is 0.124 e. The summed E-state index contributed by atoms with van der Waals surface area (Å²) in [5.41, 5.74) is -0.0630. The van der Waals surface area contributed by atoms with E-state index in [1.54, 1.807) is 0 Å². The van der Waals surface area contributed by atoms with Gasteiger partial charge >= 0.3 is 0 Å². The van der Waals surface area contributed by atoms with Crippen LogP contribution in [-0.2, 0) is 9.47 Å². The molecule has 4 heteroatoms. The highest BCUT2D eigenvalue weighted by Gasteiger charge is 2.54. The Labute approximate surface area is 105 Å². The van der Waals surface area contributed by atoms with Crippen LogP contribution in [0.15, 0.2) is 0 Å². The average Bonchev–Trinajstić information content (AvgIpc) is 2.35.